The molecule has 0 aromatic carbocycles. The largest absolute Gasteiger partial charge is 0.383 e. The summed E-state index contributed by atoms with van der Waals surface area (Å²) >= 11 is 0. The van der Waals surface area contributed by atoms with Gasteiger partial charge in [0.1, 0.15) is 0 Å². The molecule has 0 bridgehead atoms. The molecule has 0 aliphatic carbocycles. The van der Waals surface area contributed by atoms with Gasteiger partial charge in [-0.2, -0.15) is 5.10 Å². The third-order valence-electron chi connectivity index (χ3n) is 3.94. The number of nitrogens with zero attached hydrogens (tertiary/aromatic N) is 3. The van der Waals surface area contributed by atoms with Crippen LogP contribution in [0.1, 0.15) is 28.9 Å². The van der Waals surface area contributed by atoms with Crippen molar-refractivity contribution < 1.29 is 9.53 Å². The number of hydrogen-bond donors (Lipinski definition) is 1. The molecule has 0 radical (unpaired) electrons. The van der Waals surface area contributed by atoms with Crippen molar-refractivity contribution in [3.63, 3.8) is 0 Å². The molecule has 124 valence electrons. The molecule has 0 aliphatic heterocycles. The highest BCUT2D eigenvalue weighted by Gasteiger charge is 2.15. The van der Waals surface area contributed by atoms with Gasteiger partial charge in [0.15, 0.2) is 0 Å². The van der Waals surface area contributed by atoms with Gasteiger partial charge in [-0.15, -0.1) is 0 Å². The first-order valence-corrected chi connectivity index (χ1v) is 7.78. The zero-order valence-corrected chi connectivity index (χ0v) is 14.0. The SMILES string of the molecule is COCCN(Cc1cccnc1)C(=O)CCc1n[nH]c(C)c1C. The predicted molar refractivity (Wildman–Crippen MR) is 87.9 cm³/mol. The summed E-state index contributed by atoms with van der Waals surface area (Å²) in [6.45, 7) is 5.65. The third kappa shape index (κ3) is 4.89. The number of hydrogen-bond acceptors (Lipinski definition) is 4. The molecule has 0 saturated heterocycles. The van der Waals surface area contributed by atoms with E-state index in [0.29, 0.717) is 32.5 Å². The highest BCUT2D eigenvalue weighted by atomic mass is 16.5. The van der Waals surface area contributed by atoms with Crippen LogP contribution in [0.15, 0.2) is 24.5 Å². The molecule has 1 N–H and O–H groups in total. The lowest BCUT2D eigenvalue weighted by Gasteiger charge is -2.22. The van der Waals surface area contributed by atoms with Gasteiger partial charge in [0.25, 0.3) is 0 Å². The molecule has 0 saturated carbocycles. The standard InChI is InChI=1S/C17H24N4O2/c1-13-14(2)19-20-16(13)6-7-17(22)21(9-10-23-3)12-15-5-4-8-18-11-15/h4-5,8,11H,6-7,9-10,12H2,1-3H3,(H,19,20). The van der Waals surface area contributed by atoms with Crippen molar-refractivity contribution >= 4 is 5.91 Å². The van der Waals surface area contributed by atoms with E-state index < -0.39 is 0 Å². The molecule has 0 spiro atoms. The van der Waals surface area contributed by atoms with E-state index >= 15 is 0 Å². The van der Waals surface area contributed by atoms with Crippen molar-refractivity contribution in [3.8, 4) is 0 Å². The Morgan fingerprint density at radius 2 is 2.22 bits per heavy atom. The number of rotatable bonds is 8. The van der Waals surface area contributed by atoms with Crippen LogP contribution in [0.5, 0.6) is 0 Å². The Kier molecular flexibility index (Phi) is 6.29. The van der Waals surface area contributed by atoms with Crippen LogP contribution in [0, 0.1) is 13.8 Å². The number of ether oxygens (including phenoxy) is 1. The Morgan fingerprint density at radius 1 is 1.39 bits per heavy atom. The van der Waals surface area contributed by atoms with Gasteiger partial charge in [-0.3, -0.25) is 14.9 Å². The van der Waals surface area contributed by atoms with E-state index in [1.54, 1.807) is 19.5 Å². The molecule has 6 nitrogen and oxygen atoms in total. The molecule has 2 rings (SSSR count). The van der Waals surface area contributed by atoms with Gasteiger partial charge >= 0.3 is 0 Å². The summed E-state index contributed by atoms with van der Waals surface area (Å²) in [4.78, 5) is 18.5. The number of aromatic nitrogens is 3. The van der Waals surface area contributed by atoms with E-state index in [1.165, 1.54) is 0 Å². The molecule has 23 heavy (non-hydrogen) atoms. The summed E-state index contributed by atoms with van der Waals surface area (Å²) in [5, 5.41) is 7.22. The lowest BCUT2D eigenvalue weighted by atomic mass is 10.1. The first-order chi connectivity index (χ1) is 11.1. The Labute approximate surface area is 136 Å². The molecule has 0 aliphatic rings. The Hall–Kier alpha value is -2.21. The van der Waals surface area contributed by atoms with Gasteiger partial charge in [0, 0.05) is 51.1 Å². The van der Waals surface area contributed by atoms with E-state index in [9.17, 15) is 4.79 Å². The van der Waals surface area contributed by atoms with Crippen LogP contribution >= 0.6 is 0 Å². The van der Waals surface area contributed by atoms with Gasteiger partial charge in [-0.25, -0.2) is 0 Å². The third-order valence-corrected chi connectivity index (χ3v) is 3.94. The van der Waals surface area contributed by atoms with E-state index in [1.807, 2.05) is 30.9 Å². The monoisotopic (exact) mass is 316 g/mol. The minimum atomic E-state index is 0.103. The average molecular weight is 316 g/mol. The average Bonchev–Trinajstić information content (AvgIpc) is 2.89. The van der Waals surface area contributed by atoms with Crippen LogP contribution in [0.4, 0.5) is 0 Å². The number of carbonyl (C=O) groups is 1. The second-order valence-corrected chi connectivity index (χ2v) is 5.59. The number of aromatic amines is 1. The van der Waals surface area contributed by atoms with Crippen molar-refractivity contribution in [1.82, 2.24) is 20.1 Å². The van der Waals surface area contributed by atoms with E-state index in [4.69, 9.17) is 4.74 Å². The maximum absolute atomic E-state index is 12.6. The van der Waals surface area contributed by atoms with Crippen LogP contribution in [0.3, 0.4) is 0 Å². The molecule has 2 aromatic heterocycles. The maximum Gasteiger partial charge on any atom is 0.223 e. The summed E-state index contributed by atoms with van der Waals surface area (Å²) in [5.74, 6) is 0.103. The normalized spacial score (nSPS) is 10.7. The van der Waals surface area contributed by atoms with E-state index in [0.717, 1.165) is 22.5 Å². The van der Waals surface area contributed by atoms with Crippen LogP contribution in [-0.4, -0.2) is 46.2 Å². The van der Waals surface area contributed by atoms with Gasteiger partial charge in [0.05, 0.1) is 12.3 Å². The number of aryl methyl sites for hydroxylation is 2. The summed E-state index contributed by atoms with van der Waals surface area (Å²) < 4.78 is 5.12. The predicted octanol–water partition coefficient (Wildman–Crippen LogP) is 2.03. The zero-order valence-electron chi connectivity index (χ0n) is 14.0. The minimum absolute atomic E-state index is 0.103. The van der Waals surface area contributed by atoms with Gasteiger partial charge in [-0.05, 0) is 31.0 Å². The molecule has 0 atom stereocenters. The second kappa shape index (κ2) is 8.43. The van der Waals surface area contributed by atoms with Crippen molar-refractivity contribution in [2.45, 2.75) is 33.2 Å². The number of nitrogens with one attached hydrogen (secondary N) is 1. The smallest absolute Gasteiger partial charge is 0.223 e. The minimum Gasteiger partial charge on any atom is -0.383 e. The Bertz CT molecular complexity index is 625. The molecule has 2 heterocycles. The summed E-state index contributed by atoms with van der Waals surface area (Å²) in [5.41, 5.74) is 4.17. The topological polar surface area (TPSA) is 71.1 Å². The Balaban J connectivity index is 1.97. The molecular formula is C17H24N4O2. The van der Waals surface area contributed by atoms with Crippen LogP contribution in [0.25, 0.3) is 0 Å². The molecule has 0 fully saturated rings. The van der Waals surface area contributed by atoms with Gasteiger partial charge in [0.2, 0.25) is 5.91 Å². The molecule has 6 heteroatoms. The van der Waals surface area contributed by atoms with Crippen molar-refractivity contribution in [1.29, 1.82) is 0 Å². The summed E-state index contributed by atoms with van der Waals surface area (Å²) in [6.07, 6.45) is 4.60. The highest BCUT2D eigenvalue weighted by Crippen LogP contribution is 2.12. The molecule has 0 unspecified atom stereocenters. The van der Waals surface area contributed by atoms with Crippen LogP contribution < -0.4 is 0 Å². The van der Waals surface area contributed by atoms with Gasteiger partial charge in [-0.1, -0.05) is 6.07 Å². The van der Waals surface area contributed by atoms with Crippen LogP contribution in [-0.2, 0) is 22.5 Å². The quantitative estimate of drug-likeness (QED) is 0.809. The highest BCUT2D eigenvalue weighted by molar-refractivity contribution is 5.76. The maximum atomic E-state index is 12.6. The molecular weight excluding hydrogens is 292 g/mol. The lowest BCUT2D eigenvalue weighted by Crippen LogP contribution is -2.33. The molecule has 2 aromatic rings. The zero-order chi connectivity index (χ0) is 16.7. The number of pyridine rings is 1. The van der Waals surface area contributed by atoms with Crippen molar-refractivity contribution in [2.75, 3.05) is 20.3 Å². The number of carbonyl (C=O) groups excluding carboxylic acids is 1. The second-order valence-electron chi connectivity index (χ2n) is 5.59. The summed E-state index contributed by atoms with van der Waals surface area (Å²) in [6, 6.07) is 3.85. The number of amides is 1. The van der Waals surface area contributed by atoms with E-state index in [2.05, 4.69) is 15.2 Å². The molecule has 1 amide bonds. The van der Waals surface area contributed by atoms with E-state index in [-0.39, 0.29) is 5.91 Å². The number of H-pyrrole nitrogens is 1. The first kappa shape index (κ1) is 17.1. The van der Waals surface area contributed by atoms with Crippen molar-refractivity contribution in [3.05, 3.63) is 47.0 Å². The Morgan fingerprint density at radius 3 is 2.83 bits per heavy atom. The van der Waals surface area contributed by atoms with Gasteiger partial charge < -0.3 is 9.64 Å². The number of methoxy groups -OCH3 is 1. The first-order valence-electron chi connectivity index (χ1n) is 7.78. The fourth-order valence-electron chi connectivity index (χ4n) is 2.37. The van der Waals surface area contributed by atoms with Crippen molar-refractivity contribution in [2.24, 2.45) is 0 Å². The summed E-state index contributed by atoms with van der Waals surface area (Å²) in [7, 11) is 1.64. The van der Waals surface area contributed by atoms with Crippen LogP contribution in [0.2, 0.25) is 0 Å². The fourth-order valence-corrected chi connectivity index (χ4v) is 2.37. The lowest BCUT2D eigenvalue weighted by molar-refractivity contribution is -0.132. The fraction of sp³-hybridized carbons (Fsp3) is 0.471.